The van der Waals surface area contributed by atoms with E-state index in [-0.39, 0.29) is 18.9 Å². The molecule has 9 nitrogen and oxygen atoms in total. The third kappa shape index (κ3) is 6.68. The van der Waals surface area contributed by atoms with E-state index in [1.807, 2.05) is 32.0 Å². The number of aryl methyl sites for hydroxylation is 2. The van der Waals surface area contributed by atoms with Crippen molar-refractivity contribution >= 4 is 41.0 Å². The molecule has 4 rings (SSSR count). The molecule has 0 aliphatic carbocycles. The highest BCUT2D eigenvalue weighted by Gasteiger charge is 2.36. The second-order valence-electron chi connectivity index (χ2n) is 8.86. The molecule has 1 heterocycles. The van der Waals surface area contributed by atoms with Gasteiger partial charge in [0.25, 0.3) is 11.8 Å². The van der Waals surface area contributed by atoms with Crippen LogP contribution in [0.25, 0.3) is 0 Å². The van der Waals surface area contributed by atoms with E-state index in [0.717, 1.165) is 11.3 Å². The summed E-state index contributed by atoms with van der Waals surface area (Å²) in [6, 6.07) is 18.9. The average molecular weight is 536 g/mol. The molecule has 0 bridgehead atoms. The molecule has 1 saturated heterocycles. The summed E-state index contributed by atoms with van der Waals surface area (Å²) in [5.41, 5.74) is 7.62. The number of carbonyl (C=O) groups is 4. The number of benzene rings is 3. The molecule has 0 saturated carbocycles. The van der Waals surface area contributed by atoms with Crippen LogP contribution in [0.2, 0.25) is 5.02 Å². The summed E-state index contributed by atoms with van der Waals surface area (Å²) < 4.78 is 10.9. The van der Waals surface area contributed by atoms with E-state index < -0.39 is 30.3 Å². The van der Waals surface area contributed by atoms with Crippen LogP contribution >= 0.6 is 11.6 Å². The predicted octanol–water partition coefficient (Wildman–Crippen LogP) is 4.11. The summed E-state index contributed by atoms with van der Waals surface area (Å²) >= 11 is 5.78. The van der Waals surface area contributed by atoms with Gasteiger partial charge in [0.2, 0.25) is 5.91 Å². The summed E-state index contributed by atoms with van der Waals surface area (Å²) in [4.78, 5) is 50.5. The number of nitrogens with one attached hydrogen (secondary N) is 2. The number of ether oxygens (including phenoxy) is 2. The third-order valence-corrected chi connectivity index (χ3v) is 6.34. The minimum Gasteiger partial charge on any atom is -0.457 e. The maximum Gasteiger partial charge on any atom is 0.311 e. The SMILES string of the molecule is Cc1ccc(Oc2ccc(N3C[C@@H](C(=O)OCC(=O)NNC(=O)c4ccc(Cl)cc4)CC3=O)cc2)cc1C. The highest BCUT2D eigenvalue weighted by atomic mass is 35.5. The van der Waals surface area contributed by atoms with Crippen LogP contribution in [0, 0.1) is 19.8 Å². The van der Waals surface area contributed by atoms with Crippen LogP contribution in [0.15, 0.2) is 66.7 Å². The minimum atomic E-state index is -0.721. The van der Waals surface area contributed by atoms with Crippen LogP contribution in [0.5, 0.6) is 11.5 Å². The molecule has 0 unspecified atom stereocenters. The van der Waals surface area contributed by atoms with Crippen LogP contribution in [-0.4, -0.2) is 36.8 Å². The van der Waals surface area contributed by atoms with Gasteiger partial charge in [0, 0.05) is 29.2 Å². The molecule has 38 heavy (non-hydrogen) atoms. The Morgan fingerprint density at radius 2 is 1.61 bits per heavy atom. The monoisotopic (exact) mass is 535 g/mol. The average Bonchev–Trinajstić information content (AvgIpc) is 3.30. The van der Waals surface area contributed by atoms with Gasteiger partial charge in [-0.1, -0.05) is 17.7 Å². The quantitative estimate of drug-likeness (QED) is 0.348. The maximum absolute atomic E-state index is 12.6. The van der Waals surface area contributed by atoms with E-state index in [1.165, 1.54) is 22.6 Å². The first kappa shape index (κ1) is 26.7. The van der Waals surface area contributed by atoms with Gasteiger partial charge in [-0.25, -0.2) is 0 Å². The van der Waals surface area contributed by atoms with Gasteiger partial charge in [0.15, 0.2) is 6.61 Å². The Hall–Kier alpha value is -4.37. The molecule has 0 aromatic heterocycles. The van der Waals surface area contributed by atoms with Crippen molar-refractivity contribution in [2.45, 2.75) is 20.3 Å². The predicted molar refractivity (Wildman–Crippen MR) is 141 cm³/mol. The number of halogens is 1. The van der Waals surface area contributed by atoms with Crippen LogP contribution in [0.1, 0.15) is 27.9 Å². The molecular formula is C28H26ClN3O6. The van der Waals surface area contributed by atoms with Crippen LogP contribution < -0.4 is 20.5 Å². The molecule has 1 aliphatic rings. The highest BCUT2D eigenvalue weighted by molar-refractivity contribution is 6.30. The lowest BCUT2D eigenvalue weighted by atomic mass is 10.1. The maximum atomic E-state index is 12.6. The minimum absolute atomic E-state index is 0.0331. The molecule has 2 N–H and O–H groups in total. The molecule has 3 aromatic carbocycles. The lowest BCUT2D eigenvalue weighted by Crippen LogP contribution is -2.43. The summed E-state index contributed by atoms with van der Waals surface area (Å²) in [5, 5.41) is 0.473. The first-order chi connectivity index (χ1) is 18.2. The van der Waals surface area contributed by atoms with Crippen LogP contribution in [-0.2, 0) is 19.1 Å². The fourth-order valence-corrected chi connectivity index (χ4v) is 3.94. The number of hydrazine groups is 1. The van der Waals surface area contributed by atoms with Crippen molar-refractivity contribution in [3.05, 3.63) is 88.4 Å². The summed E-state index contributed by atoms with van der Waals surface area (Å²) in [6.45, 7) is 3.57. The van der Waals surface area contributed by atoms with Crippen LogP contribution in [0.3, 0.4) is 0 Å². The van der Waals surface area contributed by atoms with Gasteiger partial charge in [0.05, 0.1) is 5.92 Å². The summed E-state index contributed by atoms with van der Waals surface area (Å²) in [7, 11) is 0. The van der Waals surface area contributed by atoms with Crippen molar-refractivity contribution in [1.29, 1.82) is 0 Å². The number of amides is 3. The van der Waals surface area contributed by atoms with E-state index >= 15 is 0 Å². The Morgan fingerprint density at radius 1 is 0.921 bits per heavy atom. The van der Waals surface area contributed by atoms with Gasteiger partial charge in [-0.3, -0.25) is 30.0 Å². The normalized spacial score (nSPS) is 14.7. The zero-order valence-electron chi connectivity index (χ0n) is 20.8. The Labute approximate surface area is 224 Å². The molecule has 10 heteroatoms. The molecule has 1 fully saturated rings. The Bertz CT molecular complexity index is 1360. The second kappa shape index (κ2) is 11.8. The van der Waals surface area contributed by atoms with E-state index in [2.05, 4.69) is 10.9 Å². The van der Waals surface area contributed by atoms with Gasteiger partial charge in [-0.2, -0.15) is 0 Å². The van der Waals surface area contributed by atoms with Crippen molar-refractivity contribution in [2.24, 2.45) is 5.92 Å². The lowest BCUT2D eigenvalue weighted by molar-refractivity contribution is -0.152. The smallest absolute Gasteiger partial charge is 0.311 e. The third-order valence-electron chi connectivity index (χ3n) is 6.09. The van der Waals surface area contributed by atoms with E-state index in [0.29, 0.717) is 22.0 Å². The number of nitrogens with zero attached hydrogens (tertiary/aromatic N) is 1. The topological polar surface area (TPSA) is 114 Å². The van der Waals surface area contributed by atoms with Gasteiger partial charge in [0.1, 0.15) is 11.5 Å². The van der Waals surface area contributed by atoms with E-state index in [1.54, 1.807) is 36.4 Å². The fourth-order valence-electron chi connectivity index (χ4n) is 3.81. The van der Waals surface area contributed by atoms with E-state index in [4.69, 9.17) is 21.1 Å². The number of hydrogen-bond donors (Lipinski definition) is 2. The number of hydrogen-bond acceptors (Lipinski definition) is 6. The first-order valence-electron chi connectivity index (χ1n) is 11.9. The van der Waals surface area contributed by atoms with Crippen molar-refractivity contribution in [3.63, 3.8) is 0 Å². The molecule has 3 amide bonds. The zero-order chi connectivity index (χ0) is 27.2. The Balaban J connectivity index is 1.24. The first-order valence-corrected chi connectivity index (χ1v) is 12.2. The molecule has 1 atom stereocenters. The van der Waals surface area contributed by atoms with Gasteiger partial charge in [-0.15, -0.1) is 0 Å². The Kier molecular flexibility index (Phi) is 8.28. The largest absolute Gasteiger partial charge is 0.457 e. The number of carbonyl (C=O) groups excluding carboxylic acids is 4. The van der Waals surface area contributed by atoms with E-state index in [9.17, 15) is 19.2 Å². The lowest BCUT2D eigenvalue weighted by Gasteiger charge is -2.17. The number of anilines is 1. The van der Waals surface area contributed by atoms with Gasteiger partial charge >= 0.3 is 5.97 Å². The summed E-state index contributed by atoms with van der Waals surface area (Å²) in [5.74, 6) is -1.55. The number of rotatable bonds is 7. The van der Waals surface area contributed by atoms with Crippen molar-refractivity contribution < 1.29 is 28.7 Å². The fraction of sp³-hybridized carbons (Fsp3) is 0.214. The van der Waals surface area contributed by atoms with Gasteiger partial charge in [-0.05, 0) is 85.6 Å². The molecule has 0 radical (unpaired) electrons. The highest BCUT2D eigenvalue weighted by Crippen LogP contribution is 2.29. The molecule has 3 aromatic rings. The van der Waals surface area contributed by atoms with Crippen molar-refractivity contribution in [1.82, 2.24) is 10.9 Å². The standard InChI is InChI=1S/C28H26ClN3O6/c1-17-3-10-24(13-18(17)2)38-23-11-8-22(9-12-23)32-15-20(14-26(32)34)28(36)37-16-25(33)30-31-27(35)19-4-6-21(29)7-5-19/h3-13,20H,14-16H2,1-2H3,(H,30,33)(H,31,35)/t20-/m0/s1. The molecule has 196 valence electrons. The van der Waals surface area contributed by atoms with Crippen molar-refractivity contribution in [3.8, 4) is 11.5 Å². The second-order valence-corrected chi connectivity index (χ2v) is 9.30. The number of esters is 1. The molecule has 0 spiro atoms. The zero-order valence-corrected chi connectivity index (χ0v) is 21.6. The van der Waals surface area contributed by atoms with Crippen molar-refractivity contribution in [2.75, 3.05) is 18.1 Å². The summed E-state index contributed by atoms with van der Waals surface area (Å²) in [6.07, 6.45) is -0.0331. The van der Waals surface area contributed by atoms with Crippen LogP contribution in [0.4, 0.5) is 5.69 Å². The molecular weight excluding hydrogens is 510 g/mol. The van der Waals surface area contributed by atoms with Gasteiger partial charge < -0.3 is 14.4 Å². The molecule has 1 aliphatic heterocycles. The Morgan fingerprint density at radius 3 is 2.29 bits per heavy atom.